The molecule has 1 amide bonds. The Balaban J connectivity index is 0.00000200. The summed E-state index contributed by atoms with van der Waals surface area (Å²) in [5.41, 5.74) is 0.960. The lowest BCUT2D eigenvalue weighted by molar-refractivity contribution is -0.132. The number of nitrogens with zero attached hydrogens (tertiary/aromatic N) is 1. The van der Waals surface area contributed by atoms with Gasteiger partial charge in [-0.15, -0.1) is 12.4 Å². The highest BCUT2D eigenvalue weighted by atomic mass is 35.5. The van der Waals surface area contributed by atoms with Crippen LogP contribution in [0, 0.1) is 11.7 Å². The summed E-state index contributed by atoms with van der Waals surface area (Å²) in [5, 5.41) is 3.27. The molecule has 112 valence electrons. The number of carbonyl (C=O) groups excluding carboxylic acids is 1. The van der Waals surface area contributed by atoms with E-state index < -0.39 is 0 Å². The van der Waals surface area contributed by atoms with Crippen molar-refractivity contribution in [3.63, 3.8) is 0 Å². The van der Waals surface area contributed by atoms with Crippen molar-refractivity contribution in [3.05, 3.63) is 35.6 Å². The lowest BCUT2D eigenvalue weighted by atomic mass is 10.0. The zero-order chi connectivity index (χ0) is 13.8. The molecule has 2 atom stereocenters. The van der Waals surface area contributed by atoms with E-state index in [0.717, 1.165) is 25.1 Å². The molecular weight excluding hydrogens is 279 g/mol. The Morgan fingerprint density at radius 1 is 1.45 bits per heavy atom. The highest BCUT2D eigenvalue weighted by molar-refractivity contribution is 5.85. The molecule has 1 aliphatic heterocycles. The van der Waals surface area contributed by atoms with Crippen LogP contribution in [0.15, 0.2) is 24.3 Å². The van der Waals surface area contributed by atoms with Gasteiger partial charge < -0.3 is 10.2 Å². The summed E-state index contributed by atoms with van der Waals surface area (Å²) in [6, 6.07) is 6.32. The van der Waals surface area contributed by atoms with E-state index in [0.29, 0.717) is 12.3 Å². The molecule has 1 fully saturated rings. The minimum Gasteiger partial charge on any atom is -0.339 e. The van der Waals surface area contributed by atoms with Crippen molar-refractivity contribution in [1.82, 2.24) is 10.2 Å². The number of halogens is 2. The largest absolute Gasteiger partial charge is 0.339 e. The van der Waals surface area contributed by atoms with Gasteiger partial charge in [-0.25, -0.2) is 4.39 Å². The van der Waals surface area contributed by atoms with E-state index in [4.69, 9.17) is 0 Å². The van der Waals surface area contributed by atoms with E-state index in [-0.39, 0.29) is 30.2 Å². The summed E-state index contributed by atoms with van der Waals surface area (Å²) in [5.74, 6) is 0.364. The van der Waals surface area contributed by atoms with Crippen LogP contribution >= 0.6 is 12.4 Å². The average Bonchev–Trinajstić information content (AvgIpc) is 2.90. The minimum atomic E-state index is -0.248. The van der Waals surface area contributed by atoms with Gasteiger partial charge in [0.15, 0.2) is 0 Å². The normalized spacial score (nSPS) is 19.2. The quantitative estimate of drug-likeness (QED) is 0.927. The van der Waals surface area contributed by atoms with Crippen molar-refractivity contribution < 1.29 is 9.18 Å². The van der Waals surface area contributed by atoms with Crippen molar-refractivity contribution in [1.29, 1.82) is 0 Å². The van der Waals surface area contributed by atoms with Crippen LogP contribution in [0.25, 0.3) is 0 Å². The highest BCUT2D eigenvalue weighted by Crippen LogP contribution is 2.22. The number of carbonyl (C=O) groups is 1. The molecule has 1 aliphatic rings. The molecule has 0 spiro atoms. The van der Waals surface area contributed by atoms with Crippen LogP contribution in [0.1, 0.15) is 31.4 Å². The second-order valence-corrected chi connectivity index (χ2v) is 5.30. The monoisotopic (exact) mass is 300 g/mol. The summed E-state index contributed by atoms with van der Waals surface area (Å²) < 4.78 is 12.9. The molecule has 1 aromatic carbocycles. The Hall–Kier alpha value is -1.13. The van der Waals surface area contributed by atoms with Crippen LogP contribution in [0.2, 0.25) is 0 Å². The molecule has 20 heavy (non-hydrogen) atoms. The predicted molar refractivity (Wildman–Crippen MR) is 80.4 cm³/mol. The van der Waals surface area contributed by atoms with Gasteiger partial charge in [-0.1, -0.05) is 12.1 Å². The number of hydrogen-bond acceptors (Lipinski definition) is 2. The molecule has 0 saturated carbocycles. The third-order valence-corrected chi connectivity index (χ3v) is 3.95. The van der Waals surface area contributed by atoms with Gasteiger partial charge in [0.2, 0.25) is 5.91 Å². The first-order chi connectivity index (χ1) is 9.08. The Morgan fingerprint density at radius 2 is 2.10 bits per heavy atom. The zero-order valence-corrected chi connectivity index (χ0v) is 12.8. The molecule has 2 unspecified atom stereocenters. The van der Waals surface area contributed by atoms with Crippen LogP contribution < -0.4 is 5.32 Å². The first-order valence-corrected chi connectivity index (χ1v) is 6.79. The van der Waals surface area contributed by atoms with Gasteiger partial charge in [0, 0.05) is 13.5 Å². The van der Waals surface area contributed by atoms with Crippen molar-refractivity contribution in [2.75, 3.05) is 20.1 Å². The topological polar surface area (TPSA) is 32.3 Å². The third kappa shape index (κ3) is 4.18. The van der Waals surface area contributed by atoms with E-state index in [2.05, 4.69) is 5.32 Å². The maximum Gasteiger partial charge on any atom is 0.223 e. The molecule has 2 rings (SSSR count). The Kier molecular flexibility index (Phi) is 6.43. The van der Waals surface area contributed by atoms with E-state index >= 15 is 0 Å². The molecule has 0 radical (unpaired) electrons. The van der Waals surface area contributed by atoms with Crippen molar-refractivity contribution in [2.45, 2.75) is 25.8 Å². The molecule has 3 nitrogen and oxygen atoms in total. The molecule has 1 N–H and O–H groups in total. The SMILES string of the molecule is CC(c1ccc(F)cc1)N(C)C(=O)CC1CCNC1.Cl. The van der Waals surface area contributed by atoms with E-state index in [1.807, 2.05) is 14.0 Å². The van der Waals surface area contributed by atoms with Gasteiger partial charge in [-0.3, -0.25) is 4.79 Å². The fraction of sp³-hybridized carbons (Fsp3) is 0.533. The molecular formula is C15H22ClFN2O. The zero-order valence-electron chi connectivity index (χ0n) is 11.9. The number of rotatable bonds is 4. The predicted octanol–water partition coefficient (Wildman–Crippen LogP) is 2.77. The van der Waals surface area contributed by atoms with Crippen molar-refractivity contribution in [2.24, 2.45) is 5.92 Å². The first kappa shape index (κ1) is 16.9. The third-order valence-electron chi connectivity index (χ3n) is 3.95. The molecule has 0 bridgehead atoms. The van der Waals surface area contributed by atoms with E-state index in [9.17, 15) is 9.18 Å². The Morgan fingerprint density at radius 3 is 2.65 bits per heavy atom. The Bertz CT molecular complexity index is 432. The molecule has 0 aromatic heterocycles. The molecule has 1 aromatic rings. The highest BCUT2D eigenvalue weighted by Gasteiger charge is 2.23. The number of benzene rings is 1. The maximum atomic E-state index is 12.9. The van der Waals surface area contributed by atoms with Crippen LogP contribution in [0.4, 0.5) is 4.39 Å². The second-order valence-electron chi connectivity index (χ2n) is 5.30. The Labute approximate surface area is 125 Å². The summed E-state index contributed by atoms with van der Waals surface area (Å²) in [6.07, 6.45) is 1.67. The van der Waals surface area contributed by atoms with Crippen LogP contribution in [0.5, 0.6) is 0 Å². The fourth-order valence-electron chi connectivity index (χ4n) is 2.46. The molecule has 1 saturated heterocycles. The second kappa shape index (κ2) is 7.60. The summed E-state index contributed by atoms with van der Waals surface area (Å²) >= 11 is 0. The summed E-state index contributed by atoms with van der Waals surface area (Å²) in [7, 11) is 1.82. The average molecular weight is 301 g/mol. The number of nitrogens with one attached hydrogen (secondary N) is 1. The van der Waals surface area contributed by atoms with Gasteiger partial charge >= 0.3 is 0 Å². The molecule has 5 heteroatoms. The van der Waals surface area contributed by atoms with Gasteiger partial charge in [-0.05, 0) is 50.0 Å². The lowest BCUT2D eigenvalue weighted by Gasteiger charge is -2.26. The summed E-state index contributed by atoms with van der Waals surface area (Å²) in [4.78, 5) is 14.0. The molecule has 1 heterocycles. The van der Waals surface area contributed by atoms with Crippen LogP contribution in [0.3, 0.4) is 0 Å². The van der Waals surface area contributed by atoms with Crippen LogP contribution in [-0.2, 0) is 4.79 Å². The lowest BCUT2D eigenvalue weighted by Crippen LogP contribution is -2.31. The van der Waals surface area contributed by atoms with Crippen molar-refractivity contribution >= 4 is 18.3 Å². The van der Waals surface area contributed by atoms with Gasteiger partial charge in [0.1, 0.15) is 5.82 Å². The number of amides is 1. The molecule has 0 aliphatic carbocycles. The van der Waals surface area contributed by atoms with E-state index in [1.54, 1.807) is 17.0 Å². The number of hydrogen-bond donors (Lipinski definition) is 1. The standard InChI is InChI=1S/C15H21FN2O.ClH/c1-11(13-3-5-14(16)6-4-13)18(2)15(19)9-12-7-8-17-10-12;/h3-6,11-12,17H,7-10H2,1-2H3;1H. The van der Waals surface area contributed by atoms with Crippen molar-refractivity contribution in [3.8, 4) is 0 Å². The van der Waals surface area contributed by atoms with Crippen LogP contribution in [-0.4, -0.2) is 30.9 Å². The van der Waals surface area contributed by atoms with Gasteiger partial charge in [-0.2, -0.15) is 0 Å². The smallest absolute Gasteiger partial charge is 0.223 e. The maximum absolute atomic E-state index is 12.9. The first-order valence-electron chi connectivity index (χ1n) is 6.79. The van der Waals surface area contributed by atoms with E-state index in [1.165, 1.54) is 12.1 Å². The van der Waals surface area contributed by atoms with Gasteiger partial charge in [0.25, 0.3) is 0 Å². The van der Waals surface area contributed by atoms with Gasteiger partial charge in [0.05, 0.1) is 6.04 Å². The summed E-state index contributed by atoms with van der Waals surface area (Å²) in [6.45, 7) is 3.91. The fourth-order valence-corrected chi connectivity index (χ4v) is 2.46. The minimum absolute atomic E-state index is 0.